The largest absolute Gasteiger partial charge is 0.310 e. The summed E-state index contributed by atoms with van der Waals surface area (Å²) < 4.78 is 1.63. The molecule has 2 fully saturated rings. The molecule has 0 aliphatic carbocycles. The molecule has 0 radical (unpaired) electrons. The predicted octanol–water partition coefficient (Wildman–Crippen LogP) is 3.94. The minimum absolute atomic E-state index is 0.363. The number of hydrogen-bond donors (Lipinski definition) is 1. The van der Waals surface area contributed by atoms with Crippen molar-refractivity contribution in [1.29, 1.82) is 0 Å². The van der Waals surface area contributed by atoms with Gasteiger partial charge in [-0.1, -0.05) is 23.2 Å². The van der Waals surface area contributed by atoms with Crippen LogP contribution in [0.25, 0.3) is 0 Å². The average molecular weight is 305 g/mol. The Labute approximate surface area is 122 Å². The normalized spacial score (nSPS) is 30.4. The number of fused-ring (bicyclic) bond motifs is 2. The second kappa shape index (κ2) is 5.29. The van der Waals surface area contributed by atoms with Crippen molar-refractivity contribution in [3.8, 4) is 0 Å². The summed E-state index contributed by atoms with van der Waals surface area (Å²) in [6, 6.07) is 3.78. The lowest BCUT2D eigenvalue weighted by Crippen LogP contribution is -2.36. The molecule has 2 saturated heterocycles. The van der Waals surface area contributed by atoms with Gasteiger partial charge in [-0.2, -0.15) is 0 Å². The van der Waals surface area contributed by atoms with Crippen LogP contribution in [0.4, 0.5) is 0 Å². The molecule has 1 aromatic rings. The third kappa shape index (κ3) is 2.56. The molecule has 0 saturated carbocycles. The van der Waals surface area contributed by atoms with Crippen LogP contribution >= 0.6 is 34.5 Å². The predicted molar refractivity (Wildman–Crippen MR) is 78.9 cm³/mol. The van der Waals surface area contributed by atoms with Gasteiger partial charge in [-0.05, 0) is 32.3 Å². The zero-order chi connectivity index (χ0) is 12.7. The number of halogens is 2. The maximum atomic E-state index is 6.27. The Bertz CT molecular complexity index is 435. The summed E-state index contributed by atoms with van der Waals surface area (Å²) in [5, 5.41) is 3.71. The highest BCUT2D eigenvalue weighted by atomic mass is 35.5. The van der Waals surface area contributed by atoms with Gasteiger partial charge in [0.05, 0.1) is 8.67 Å². The number of nitrogens with zero attached hydrogens (tertiary/aromatic N) is 1. The van der Waals surface area contributed by atoms with E-state index in [0.29, 0.717) is 12.1 Å². The van der Waals surface area contributed by atoms with Crippen LogP contribution in [0.3, 0.4) is 0 Å². The topological polar surface area (TPSA) is 15.3 Å². The molecule has 2 aliphatic heterocycles. The van der Waals surface area contributed by atoms with E-state index in [1.54, 1.807) is 0 Å². The van der Waals surface area contributed by atoms with Crippen LogP contribution in [0, 0.1) is 0 Å². The van der Waals surface area contributed by atoms with E-state index in [1.165, 1.54) is 36.2 Å². The van der Waals surface area contributed by atoms with Crippen molar-refractivity contribution in [3.63, 3.8) is 0 Å². The SMILES string of the molecule is CC(c1cc(Cl)sc1Cl)N1CCC2CCC(C1)N2. The molecule has 100 valence electrons. The molecule has 3 unspecified atom stereocenters. The zero-order valence-corrected chi connectivity index (χ0v) is 12.8. The van der Waals surface area contributed by atoms with Crippen molar-refractivity contribution < 1.29 is 0 Å². The Morgan fingerprint density at radius 1 is 1.33 bits per heavy atom. The molecule has 3 atom stereocenters. The van der Waals surface area contributed by atoms with Gasteiger partial charge in [-0.15, -0.1) is 11.3 Å². The minimum atomic E-state index is 0.363. The van der Waals surface area contributed by atoms with Crippen molar-refractivity contribution in [2.45, 2.75) is 44.3 Å². The van der Waals surface area contributed by atoms with Crippen molar-refractivity contribution in [2.75, 3.05) is 13.1 Å². The molecule has 5 heteroatoms. The van der Waals surface area contributed by atoms with Crippen LogP contribution in [0.15, 0.2) is 6.07 Å². The van der Waals surface area contributed by atoms with Crippen LogP contribution in [-0.2, 0) is 0 Å². The molecule has 1 N–H and O–H groups in total. The highest BCUT2D eigenvalue weighted by molar-refractivity contribution is 7.20. The maximum Gasteiger partial charge on any atom is 0.0991 e. The van der Waals surface area contributed by atoms with Gasteiger partial charge < -0.3 is 5.32 Å². The van der Waals surface area contributed by atoms with Gasteiger partial charge in [0.2, 0.25) is 0 Å². The fourth-order valence-electron chi connectivity index (χ4n) is 3.16. The van der Waals surface area contributed by atoms with Crippen LogP contribution in [0.2, 0.25) is 8.67 Å². The molecule has 2 nitrogen and oxygen atoms in total. The molecule has 2 bridgehead atoms. The van der Waals surface area contributed by atoms with Gasteiger partial charge in [0.1, 0.15) is 0 Å². The summed E-state index contributed by atoms with van der Waals surface area (Å²) in [5.74, 6) is 0. The van der Waals surface area contributed by atoms with E-state index in [1.807, 2.05) is 6.07 Å². The standard InChI is InChI=1S/C13H18Cl2N2S/c1-8(11-6-12(14)18-13(11)15)17-5-4-9-2-3-10(7-17)16-9/h6,8-10,16H,2-5,7H2,1H3. The smallest absolute Gasteiger partial charge is 0.0991 e. The lowest BCUT2D eigenvalue weighted by Gasteiger charge is -2.30. The first-order chi connectivity index (χ1) is 8.63. The van der Waals surface area contributed by atoms with Gasteiger partial charge in [-0.25, -0.2) is 0 Å². The van der Waals surface area contributed by atoms with Gasteiger partial charge in [0.15, 0.2) is 0 Å². The monoisotopic (exact) mass is 304 g/mol. The van der Waals surface area contributed by atoms with Gasteiger partial charge in [0, 0.05) is 36.8 Å². The second-order valence-corrected chi connectivity index (χ2v) is 7.66. The molecule has 0 amide bonds. The van der Waals surface area contributed by atoms with E-state index in [2.05, 4.69) is 17.1 Å². The van der Waals surface area contributed by atoms with Crippen LogP contribution in [0.1, 0.15) is 37.8 Å². The van der Waals surface area contributed by atoms with E-state index in [-0.39, 0.29) is 0 Å². The molecule has 3 rings (SSSR count). The van der Waals surface area contributed by atoms with Crippen molar-refractivity contribution in [1.82, 2.24) is 10.2 Å². The Balaban J connectivity index is 1.76. The van der Waals surface area contributed by atoms with E-state index in [9.17, 15) is 0 Å². The van der Waals surface area contributed by atoms with Crippen molar-refractivity contribution in [3.05, 3.63) is 20.3 Å². The molecule has 0 aromatic carbocycles. The zero-order valence-electron chi connectivity index (χ0n) is 10.5. The molecular weight excluding hydrogens is 287 g/mol. The molecule has 2 aliphatic rings. The lowest BCUT2D eigenvalue weighted by atomic mass is 10.0. The Morgan fingerprint density at radius 2 is 2.11 bits per heavy atom. The molecule has 3 heterocycles. The third-order valence-corrected chi connectivity index (χ3v) is 5.75. The first-order valence-corrected chi connectivity index (χ1v) is 8.15. The maximum absolute atomic E-state index is 6.27. The second-order valence-electron chi connectivity index (χ2n) is 5.38. The molecule has 18 heavy (non-hydrogen) atoms. The molecular formula is C13H18Cl2N2S. The Kier molecular flexibility index (Phi) is 3.88. The van der Waals surface area contributed by atoms with E-state index >= 15 is 0 Å². The Hall–Kier alpha value is 0.200. The van der Waals surface area contributed by atoms with Gasteiger partial charge in [0.25, 0.3) is 0 Å². The molecule has 0 spiro atoms. The third-order valence-electron chi connectivity index (χ3n) is 4.24. The number of nitrogens with one attached hydrogen (secondary N) is 1. The summed E-state index contributed by atoms with van der Waals surface area (Å²) in [6.45, 7) is 4.52. The van der Waals surface area contributed by atoms with E-state index < -0.39 is 0 Å². The number of thiophene rings is 1. The highest BCUT2D eigenvalue weighted by Gasteiger charge is 2.32. The van der Waals surface area contributed by atoms with Crippen LogP contribution in [0.5, 0.6) is 0 Å². The summed E-state index contributed by atoms with van der Waals surface area (Å²) in [5.41, 5.74) is 1.18. The summed E-state index contributed by atoms with van der Waals surface area (Å²) in [7, 11) is 0. The fraction of sp³-hybridized carbons (Fsp3) is 0.692. The number of hydrogen-bond acceptors (Lipinski definition) is 3. The Morgan fingerprint density at radius 3 is 2.83 bits per heavy atom. The van der Waals surface area contributed by atoms with Crippen molar-refractivity contribution in [2.24, 2.45) is 0 Å². The van der Waals surface area contributed by atoms with E-state index in [4.69, 9.17) is 23.2 Å². The number of likely N-dealkylation sites (tertiary alicyclic amines) is 1. The van der Waals surface area contributed by atoms with Gasteiger partial charge >= 0.3 is 0 Å². The number of rotatable bonds is 2. The first-order valence-electron chi connectivity index (χ1n) is 6.58. The van der Waals surface area contributed by atoms with Crippen LogP contribution < -0.4 is 5.32 Å². The lowest BCUT2D eigenvalue weighted by molar-refractivity contribution is 0.200. The summed E-state index contributed by atoms with van der Waals surface area (Å²) >= 11 is 13.8. The minimum Gasteiger partial charge on any atom is -0.310 e. The average Bonchev–Trinajstić information content (AvgIpc) is 2.81. The summed E-state index contributed by atoms with van der Waals surface area (Å²) in [4.78, 5) is 2.54. The highest BCUT2D eigenvalue weighted by Crippen LogP contribution is 2.38. The van der Waals surface area contributed by atoms with E-state index in [0.717, 1.165) is 27.8 Å². The first kappa shape index (κ1) is 13.2. The van der Waals surface area contributed by atoms with Crippen LogP contribution in [-0.4, -0.2) is 30.1 Å². The van der Waals surface area contributed by atoms with Gasteiger partial charge in [-0.3, -0.25) is 4.90 Å². The summed E-state index contributed by atoms with van der Waals surface area (Å²) in [6.07, 6.45) is 3.90. The fourth-order valence-corrected chi connectivity index (χ4v) is 4.79. The van der Waals surface area contributed by atoms with Crippen molar-refractivity contribution >= 4 is 34.5 Å². The molecule has 1 aromatic heterocycles. The quantitative estimate of drug-likeness (QED) is 0.890.